The first-order valence-corrected chi connectivity index (χ1v) is 7.65. The predicted octanol–water partition coefficient (Wildman–Crippen LogP) is 0.887. The fraction of sp³-hybridized carbons (Fsp3) is 0.688. The van der Waals surface area contributed by atoms with Gasteiger partial charge in [-0.05, 0) is 19.4 Å². The van der Waals surface area contributed by atoms with Crippen molar-refractivity contribution < 1.29 is 9.53 Å². The summed E-state index contributed by atoms with van der Waals surface area (Å²) in [6, 6.07) is 0.488. The van der Waals surface area contributed by atoms with Crippen LogP contribution in [0.3, 0.4) is 0 Å². The van der Waals surface area contributed by atoms with E-state index < -0.39 is 0 Å². The minimum Gasteiger partial charge on any atom is -0.383 e. The third-order valence-electron chi connectivity index (χ3n) is 3.66. The average molecular weight is 295 g/mol. The van der Waals surface area contributed by atoms with Gasteiger partial charge in [-0.1, -0.05) is 12.2 Å². The van der Waals surface area contributed by atoms with Gasteiger partial charge >= 0.3 is 0 Å². The molecule has 1 atom stereocenters. The number of ether oxygens (including phenoxy) is 1. The Labute approximate surface area is 128 Å². The Morgan fingerprint density at radius 2 is 2.10 bits per heavy atom. The number of methoxy groups -OCH3 is 1. The Bertz CT molecular complexity index is 317. The molecule has 5 heteroatoms. The van der Waals surface area contributed by atoms with Crippen LogP contribution in [-0.2, 0) is 9.53 Å². The zero-order chi connectivity index (χ0) is 15.5. The molecule has 1 N–H and O–H groups in total. The molecule has 0 bridgehead atoms. The van der Waals surface area contributed by atoms with E-state index in [0.717, 1.165) is 19.6 Å². The number of carbonyl (C=O) groups excluding carboxylic acids is 1. The summed E-state index contributed by atoms with van der Waals surface area (Å²) >= 11 is 0. The molecule has 0 aliphatic carbocycles. The first kappa shape index (κ1) is 17.9. The summed E-state index contributed by atoms with van der Waals surface area (Å²) in [4.78, 5) is 16.3. The molecule has 1 fully saturated rings. The number of nitrogens with zero attached hydrogens (tertiary/aromatic N) is 2. The second-order valence-electron chi connectivity index (χ2n) is 5.40. The lowest BCUT2D eigenvalue weighted by atomic mass is 10.2. The molecule has 0 spiro atoms. The summed E-state index contributed by atoms with van der Waals surface area (Å²) < 4.78 is 5.15. The molecular weight excluding hydrogens is 266 g/mol. The third kappa shape index (κ3) is 6.89. The summed E-state index contributed by atoms with van der Waals surface area (Å²) in [6.45, 7) is 12.3. The molecule has 0 aromatic carbocycles. The minimum atomic E-state index is 0.115. The quantitative estimate of drug-likeness (QED) is 0.575. The predicted molar refractivity (Wildman–Crippen MR) is 86.3 cm³/mol. The van der Waals surface area contributed by atoms with Crippen molar-refractivity contribution in [3.05, 3.63) is 25.3 Å². The molecule has 0 aromatic rings. The van der Waals surface area contributed by atoms with Crippen molar-refractivity contribution in [1.82, 2.24) is 15.1 Å². The van der Waals surface area contributed by atoms with Gasteiger partial charge in [0, 0.05) is 39.3 Å². The van der Waals surface area contributed by atoms with Crippen LogP contribution in [0.4, 0.5) is 0 Å². The van der Waals surface area contributed by atoms with E-state index in [1.807, 2.05) is 0 Å². The molecule has 1 rings (SSSR count). The van der Waals surface area contributed by atoms with E-state index in [9.17, 15) is 4.79 Å². The van der Waals surface area contributed by atoms with Gasteiger partial charge in [-0.25, -0.2) is 0 Å². The molecule has 5 nitrogen and oxygen atoms in total. The van der Waals surface area contributed by atoms with Gasteiger partial charge in [0.2, 0.25) is 5.91 Å². The van der Waals surface area contributed by atoms with Crippen LogP contribution in [0.25, 0.3) is 0 Å². The van der Waals surface area contributed by atoms with Crippen LogP contribution >= 0.6 is 0 Å². The number of hydrogen-bond acceptors (Lipinski definition) is 4. The maximum Gasteiger partial charge on any atom is 0.237 e. The van der Waals surface area contributed by atoms with Crippen LogP contribution in [-0.4, -0.2) is 74.7 Å². The van der Waals surface area contributed by atoms with Crippen molar-refractivity contribution >= 4 is 5.91 Å². The molecule has 120 valence electrons. The van der Waals surface area contributed by atoms with Crippen molar-refractivity contribution in [3.63, 3.8) is 0 Å². The molecule has 1 aliphatic heterocycles. The number of amides is 1. The fourth-order valence-corrected chi connectivity index (χ4v) is 2.56. The second-order valence-corrected chi connectivity index (χ2v) is 5.40. The van der Waals surface area contributed by atoms with Crippen LogP contribution in [0.2, 0.25) is 0 Å². The molecule has 1 aliphatic rings. The largest absolute Gasteiger partial charge is 0.383 e. The van der Waals surface area contributed by atoms with Crippen molar-refractivity contribution in [2.45, 2.75) is 18.9 Å². The Kier molecular flexibility index (Phi) is 8.98. The summed E-state index contributed by atoms with van der Waals surface area (Å²) in [5, 5.41) is 3.48. The molecule has 1 unspecified atom stereocenters. The van der Waals surface area contributed by atoms with Crippen molar-refractivity contribution in [2.24, 2.45) is 0 Å². The normalized spacial score (nSPS) is 17.9. The zero-order valence-corrected chi connectivity index (χ0v) is 13.2. The van der Waals surface area contributed by atoms with Gasteiger partial charge in [0.1, 0.15) is 0 Å². The molecule has 1 heterocycles. The monoisotopic (exact) mass is 295 g/mol. The highest BCUT2D eigenvalue weighted by atomic mass is 16.5. The van der Waals surface area contributed by atoms with Gasteiger partial charge in [-0.15, -0.1) is 13.2 Å². The fourth-order valence-electron chi connectivity index (χ4n) is 2.56. The molecule has 0 radical (unpaired) electrons. The highest BCUT2D eigenvalue weighted by Gasteiger charge is 2.21. The van der Waals surface area contributed by atoms with Gasteiger partial charge < -0.3 is 15.0 Å². The Morgan fingerprint density at radius 1 is 1.38 bits per heavy atom. The molecule has 0 aromatic heterocycles. The van der Waals surface area contributed by atoms with Gasteiger partial charge in [0.15, 0.2) is 0 Å². The summed E-state index contributed by atoms with van der Waals surface area (Å²) in [7, 11) is 1.69. The first-order chi connectivity index (χ1) is 10.2. The van der Waals surface area contributed by atoms with Crippen LogP contribution in [0, 0.1) is 0 Å². The van der Waals surface area contributed by atoms with E-state index in [-0.39, 0.29) is 5.91 Å². The number of hydrogen-bond donors (Lipinski definition) is 1. The molecule has 1 amide bonds. The first-order valence-electron chi connectivity index (χ1n) is 7.65. The van der Waals surface area contributed by atoms with Gasteiger partial charge in [0.05, 0.1) is 13.2 Å². The van der Waals surface area contributed by atoms with Crippen molar-refractivity contribution in [1.29, 1.82) is 0 Å². The number of nitrogens with one attached hydrogen (secondary N) is 1. The summed E-state index contributed by atoms with van der Waals surface area (Å²) in [6.07, 6.45) is 5.90. The van der Waals surface area contributed by atoms with E-state index in [1.165, 1.54) is 12.8 Å². The van der Waals surface area contributed by atoms with Crippen LogP contribution < -0.4 is 5.32 Å². The Balaban J connectivity index is 2.53. The second kappa shape index (κ2) is 10.5. The van der Waals surface area contributed by atoms with Gasteiger partial charge in [-0.2, -0.15) is 0 Å². The lowest BCUT2D eigenvalue weighted by Crippen LogP contribution is -2.45. The van der Waals surface area contributed by atoms with Gasteiger partial charge in [-0.3, -0.25) is 9.69 Å². The van der Waals surface area contributed by atoms with Crippen molar-refractivity contribution in [3.8, 4) is 0 Å². The standard InChI is InChI=1S/C16H29N3O2/c1-4-9-19(10-5-2)16(20)14-18(11-12-21-3)13-15-7-6-8-17-15/h4-5,15,17H,1-2,6-14H2,3H3. The number of carbonyl (C=O) groups is 1. The molecule has 0 saturated carbocycles. The molecular formula is C16H29N3O2. The average Bonchev–Trinajstić information content (AvgIpc) is 2.97. The van der Waals surface area contributed by atoms with Crippen LogP contribution in [0.1, 0.15) is 12.8 Å². The van der Waals surface area contributed by atoms with E-state index in [4.69, 9.17) is 4.74 Å². The summed E-state index contributed by atoms with van der Waals surface area (Å²) in [5.74, 6) is 0.115. The minimum absolute atomic E-state index is 0.115. The molecule has 21 heavy (non-hydrogen) atoms. The third-order valence-corrected chi connectivity index (χ3v) is 3.66. The van der Waals surface area contributed by atoms with E-state index in [1.54, 1.807) is 24.2 Å². The van der Waals surface area contributed by atoms with Crippen LogP contribution in [0.5, 0.6) is 0 Å². The van der Waals surface area contributed by atoms with Gasteiger partial charge in [0.25, 0.3) is 0 Å². The van der Waals surface area contributed by atoms with E-state index in [2.05, 4.69) is 23.4 Å². The summed E-state index contributed by atoms with van der Waals surface area (Å²) in [5.41, 5.74) is 0. The van der Waals surface area contributed by atoms with Crippen molar-refractivity contribution in [2.75, 3.05) is 53.0 Å². The zero-order valence-electron chi connectivity index (χ0n) is 13.2. The smallest absolute Gasteiger partial charge is 0.237 e. The van der Waals surface area contributed by atoms with E-state index in [0.29, 0.717) is 32.3 Å². The lowest BCUT2D eigenvalue weighted by Gasteiger charge is -2.28. The Hall–Kier alpha value is -1.17. The topological polar surface area (TPSA) is 44.8 Å². The maximum atomic E-state index is 12.4. The highest BCUT2D eigenvalue weighted by molar-refractivity contribution is 5.78. The number of rotatable bonds is 11. The SMILES string of the molecule is C=CCN(CC=C)C(=O)CN(CCOC)CC1CCCN1. The maximum absolute atomic E-state index is 12.4. The lowest BCUT2D eigenvalue weighted by molar-refractivity contribution is -0.131. The highest BCUT2D eigenvalue weighted by Crippen LogP contribution is 2.07. The Morgan fingerprint density at radius 3 is 2.62 bits per heavy atom. The van der Waals surface area contributed by atoms with Crippen LogP contribution in [0.15, 0.2) is 25.3 Å². The van der Waals surface area contributed by atoms with E-state index >= 15 is 0 Å². The molecule has 1 saturated heterocycles.